The first-order chi connectivity index (χ1) is 15.7. The van der Waals surface area contributed by atoms with E-state index in [1.807, 2.05) is 60.7 Å². The summed E-state index contributed by atoms with van der Waals surface area (Å²) in [6.07, 6.45) is 2.85. The second-order valence-corrected chi connectivity index (χ2v) is 7.90. The molecule has 32 heavy (non-hydrogen) atoms. The Morgan fingerprint density at radius 2 is 1.53 bits per heavy atom. The maximum absolute atomic E-state index is 12.3. The average molecular weight is 461 g/mol. The minimum absolute atomic E-state index is 0.146. The molecule has 2 unspecified atom stereocenters. The van der Waals surface area contributed by atoms with Gasteiger partial charge in [0.2, 0.25) is 0 Å². The highest BCUT2D eigenvalue weighted by atomic mass is 31.1. The molecule has 0 aromatic heterocycles. The topological polar surface area (TPSA) is 94.1 Å². The third kappa shape index (κ3) is 11.9. The van der Waals surface area contributed by atoms with Gasteiger partial charge < -0.3 is 19.9 Å². The molecule has 0 fully saturated rings. The summed E-state index contributed by atoms with van der Waals surface area (Å²) in [7, 11) is -0.301. The van der Waals surface area contributed by atoms with E-state index in [9.17, 15) is 14.5 Å². The van der Waals surface area contributed by atoms with Crippen LogP contribution in [0.1, 0.15) is 49.7 Å². The number of benzene rings is 2. The second-order valence-electron chi connectivity index (χ2n) is 7.49. The fourth-order valence-electron chi connectivity index (χ4n) is 3.19. The van der Waals surface area contributed by atoms with E-state index in [-0.39, 0.29) is 21.3 Å². The molecule has 8 heteroatoms. The number of amides is 1. The van der Waals surface area contributed by atoms with Crippen molar-refractivity contribution < 1.29 is 28.5 Å². The summed E-state index contributed by atoms with van der Waals surface area (Å²) in [5.41, 5.74) is 1.91. The lowest BCUT2D eigenvalue weighted by atomic mass is 10.0. The van der Waals surface area contributed by atoms with Gasteiger partial charge in [-0.15, -0.1) is 0 Å². The molecule has 2 rings (SSSR count). The van der Waals surface area contributed by atoms with Crippen LogP contribution in [0.2, 0.25) is 0 Å². The molecule has 0 saturated carbocycles. The number of hydrogen-bond donors (Lipinski definition) is 2. The fourth-order valence-corrected chi connectivity index (χ4v) is 3.39. The molecule has 2 atom stereocenters. The maximum atomic E-state index is 12.3. The minimum atomic E-state index is -0.913. The summed E-state index contributed by atoms with van der Waals surface area (Å²) in [6.45, 7) is 0.973. The van der Waals surface area contributed by atoms with E-state index >= 15 is 0 Å². The number of aliphatic hydroxyl groups is 1. The number of nitrogens with one attached hydrogen (secondary N) is 1. The Labute approximate surface area is 191 Å². The summed E-state index contributed by atoms with van der Waals surface area (Å²) >= 11 is 0. The van der Waals surface area contributed by atoms with Crippen LogP contribution in [0.25, 0.3) is 0 Å². The van der Waals surface area contributed by atoms with Crippen molar-refractivity contribution in [3.8, 4) is 0 Å². The van der Waals surface area contributed by atoms with Gasteiger partial charge in [-0.2, -0.15) is 0 Å². The van der Waals surface area contributed by atoms with Crippen LogP contribution < -0.4 is 5.32 Å². The number of carbonyl (C=O) groups is 1. The second kappa shape index (κ2) is 16.3. The number of hydrogen-bond acceptors (Lipinski definition) is 6. The van der Waals surface area contributed by atoms with Gasteiger partial charge >= 0.3 is 14.8 Å². The molecule has 2 aromatic rings. The van der Waals surface area contributed by atoms with Crippen LogP contribution in [0, 0.1) is 0 Å². The number of rotatable bonds is 16. The smallest absolute Gasteiger partial charge is 0.407 e. The molecule has 174 valence electrons. The lowest BCUT2D eigenvalue weighted by Crippen LogP contribution is -2.36. The molecule has 0 spiro atoms. The highest BCUT2D eigenvalue weighted by Crippen LogP contribution is 2.13. The maximum Gasteiger partial charge on any atom is 0.407 e. The highest BCUT2D eigenvalue weighted by molar-refractivity contribution is 7.17. The molecule has 0 aliphatic carbocycles. The Morgan fingerprint density at radius 1 is 0.875 bits per heavy atom. The highest BCUT2D eigenvalue weighted by Gasteiger charge is 2.16. The van der Waals surface area contributed by atoms with Gasteiger partial charge in [0.05, 0.1) is 13.2 Å². The van der Waals surface area contributed by atoms with Crippen molar-refractivity contribution in [2.75, 3.05) is 6.61 Å². The van der Waals surface area contributed by atoms with E-state index in [1.54, 1.807) is 0 Å². The van der Waals surface area contributed by atoms with Crippen LogP contribution in [0.4, 0.5) is 4.79 Å². The zero-order chi connectivity index (χ0) is 22.9. The van der Waals surface area contributed by atoms with Crippen molar-refractivity contribution in [3.63, 3.8) is 0 Å². The van der Waals surface area contributed by atoms with Crippen molar-refractivity contribution in [1.29, 1.82) is 0 Å². The Morgan fingerprint density at radius 3 is 2.19 bits per heavy atom. The molecule has 1 amide bonds. The number of alkyl carbamates (subject to hydrolysis) is 1. The van der Waals surface area contributed by atoms with Gasteiger partial charge in [0.1, 0.15) is 6.61 Å². The number of aliphatic hydroxyl groups excluding tert-OH is 1. The first kappa shape index (κ1) is 25.9. The van der Waals surface area contributed by atoms with E-state index < -0.39 is 12.4 Å². The Kier molecular flexibility index (Phi) is 13.2. The van der Waals surface area contributed by atoms with Crippen molar-refractivity contribution in [3.05, 3.63) is 71.8 Å². The van der Waals surface area contributed by atoms with Crippen molar-refractivity contribution in [2.24, 2.45) is 0 Å². The predicted octanol–water partition coefficient (Wildman–Crippen LogP) is 5.38. The van der Waals surface area contributed by atoms with Crippen molar-refractivity contribution in [1.82, 2.24) is 5.32 Å². The quantitative estimate of drug-likeness (QED) is 0.198. The normalized spacial score (nSPS) is 12.9. The number of ether oxygens (including phenoxy) is 2. The van der Waals surface area contributed by atoms with Crippen LogP contribution in [0.5, 0.6) is 0 Å². The Bertz CT molecular complexity index is 762. The monoisotopic (exact) mass is 461 g/mol. The standard InChI is InChI=1S/C24H32NO6P/c26-23(29-18-20-10-4-1-5-11-20)16-15-22(14-8-3-9-17-31-32-28)25-24(27)30-19-21-12-6-2-7-13-21/h1-2,4-7,10-13,22-23,26H,3,8-9,14-19H2,(H,25,27). The van der Waals surface area contributed by atoms with E-state index in [0.29, 0.717) is 26.1 Å². The molecule has 2 aromatic carbocycles. The van der Waals surface area contributed by atoms with Gasteiger partial charge in [0, 0.05) is 12.5 Å². The summed E-state index contributed by atoms with van der Waals surface area (Å²) in [6, 6.07) is 19.0. The SMILES string of the molecule is O=POCCCCCC(CCC(O)OCc1ccccc1)NC(=O)OCc1ccccc1. The lowest BCUT2D eigenvalue weighted by molar-refractivity contribution is -0.113. The zero-order valence-corrected chi connectivity index (χ0v) is 19.1. The van der Waals surface area contributed by atoms with Gasteiger partial charge in [0.25, 0.3) is 0 Å². The molecular weight excluding hydrogens is 429 g/mol. The molecular formula is C24H32NO6P. The summed E-state index contributed by atoms with van der Waals surface area (Å²) in [5, 5.41) is 13.1. The van der Waals surface area contributed by atoms with E-state index in [0.717, 1.165) is 36.8 Å². The molecule has 2 N–H and O–H groups in total. The Hall–Kier alpha value is -2.31. The first-order valence-corrected chi connectivity index (χ1v) is 11.7. The average Bonchev–Trinajstić information content (AvgIpc) is 2.83. The van der Waals surface area contributed by atoms with Crippen molar-refractivity contribution >= 4 is 14.8 Å². The lowest BCUT2D eigenvalue weighted by Gasteiger charge is -2.20. The molecule has 0 saturated heterocycles. The fraction of sp³-hybridized carbons (Fsp3) is 0.458. The third-order valence-corrected chi connectivity index (χ3v) is 5.21. The first-order valence-electron chi connectivity index (χ1n) is 10.9. The molecule has 0 aliphatic heterocycles. The largest absolute Gasteiger partial charge is 0.445 e. The Balaban J connectivity index is 1.75. The third-order valence-electron chi connectivity index (χ3n) is 4.92. The van der Waals surface area contributed by atoms with Gasteiger partial charge in [-0.05, 0) is 30.4 Å². The minimum Gasteiger partial charge on any atom is -0.445 e. The summed E-state index contributed by atoms with van der Waals surface area (Å²) in [4.78, 5) is 12.3. The van der Waals surface area contributed by atoms with Crippen LogP contribution in [-0.2, 0) is 31.8 Å². The molecule has 0 radical (unpaired) electrons. The van der Waals surface area contributed by atoms with Crippen molar-refractivity contribution in [2.45, 2.75) is 64.1 Å². The molecule has 0 bridgehead atoms. The van der Waals surface area contributed by atoms with Crippen LogP contribution >= 0.6 is 8.69 Å². The van der Waals surface area contributed by atoms with E-state index in [1.165, 1.54) is 0 Å². The zero-order valence-electron chi connectivity index (χ0n) is 18.2. The predicted molar refractivity (Wildman–Crippen MR) is 122 cm³/mol. The van der Waals surface area contributed by atoms with Crippen LogP contribution in [0.3, 0.4) is 0 Å². The number of unbranched alkanes of at least 4 members (excludes halogenated alkanes) is 2. The summed E-state index contributed by atoms with van der Waals surface area (Å²) < 4.78 is 26.0. The molecule has 0 heterocycles. The van der Waals surface area contributed by atoms with Crippen LogP contribution in [-0.4, -0.2) is 30.1 Å². The van der Waals surface area contributed by atoms with Gasteiger partial charge in [-0.1, -0.05) is 73.5 Å². The van der Waals surface area contributed by atoms with E-state index in [2.05, 4.69) is 5.32 Å². The van der Waals surface area contributed by atoms with Gasteiger partial charge in [-0.25, -0.2) is 9.36 Å². The van der Waals surface area contributed by atoms with Crippen LogP contribution in [0.15, 0.2) is 60.7 Å². The van der Waals surface area contributed by atoms with Gasteiger partial charge in [-0.3, -0.25) is 4.52 Å². The summed E-state index contributed by atoms with van der Waals surface area (Å²) in [5.74, 6) is 0. The number of carbonyl (C=O) groups excluding carboxylic acids is 1. The van der Waals surface area contributed by atoms with Gasteiger partial charge in [0.15, 0.2) is 6.29 Å². The molecule has 7 nitrogen and oxygen atoms in total. The molecule has 0 aliphatic rings. The van der Waals surface area contributed by atoms with E-state index in [4.69, 9.17) is 14.0 Å².